The number of rotatable bonds is 3. The maximum atomic E-state index is 12.1. The summed E-state index contributed by atoms with van der Waals surface area (Å²) in [6.45, 7) is 1.74. The quantitative estimate of drug-likeness (QED) is 0.943. The Morgan fingerprint density at radius 2 is 2.15 bits per heavy atom. The largest absolute Gasteiger partial charge is 0.353 e. The van der Waals surface area contributed by atoms with Crippen molar-refractivity contribution in [1.82, 2.24) is 10.3 Å². The normalized spacial score (nSPS) is 22.4. The highest BCUT2D eigenvalue weighted by Crippen LogP contribution is 2.32. The van der Waals surface area contributed by atoms with E-state index in [2.05, 4.69) is 21.3 Å². The molecule has 4 nitrogen and oxygen atoms in total. The fraction of sp³-hybridized carbons (Fsp3) is 0.467. The maximum Gasteiger partial charge on any atom is 0.225 e. The maximum absolute atomic E-state index is 12.1. The molecule has 1 aliphatic carbocycles. The number of carbonyl (C=O) groups is 1. The summed E-state index contributed by atoms with van der Waals surface area (Å²) in [7, 11) is 0. The first-order valence-electron chi connectivity index (χ1n) is 7.20. The molecule has 2 aliphatic rings. The predicted molar refractivity (Wildman–Crippen MR) is 81.1 cm³/mol. The van der Waals surface area contributed by atoms with Gasteiger partial charge in [-0.1, -0.05) is 23.5 Å². The summed E-state index contributed by atoms with van der Waals surface area (Å²) in [5.74, 6) is 0.360. The highest BCUT2D eigenvalue weighted by atomic mass is 32.1. The van der Waals surface area contributed by atoms with Gasteiger partial charge in [0.25, 0.3) is 0 Å². The van der Waals surface area contributed by atoms with Crippen molar-refractivity contribution in [1.29, 1.82) is 0 Å². The van der Waals surface area contributed by atoms with Crippen LogP contribution in [0.4, 0.5) is 5.13 Å². The molecule has 0 radical (unpaired) electrons. The van der Waals surface area contributed by atoms with Crippen LogP contribution in [0.5, 0.6) is 0 Å². The minimum Gasteiger partial charge on any atom is -0.353 e. The SMILES string of the molecule is O=C(NC1CC1)C1CCN(c2nc3ccccc3s2)C1. The topological polar surface area (TPSA) is 45.2 Å². The lowest BCUT2D eigenvalue weighted by molar-refractivity contribution is -0.124. The van der Waals surface area contributed by atoms with Crippen LogP contribution < -0.4 is 10.2 Å². The van der Waals surface area contributed by atoms with Crippen LogP contribution >= 0.6 is 11.3 Å². The molecule has 4 rings (SSSR count). The molecule has 20 heavy (non-hydrogen) atoms. The van der Waals surface area contributed by atoms with Crippen LogP contribution in [0.1, 0.15) is 19.3 Å². The first-order valence-corrected chi connectivity index (χ1v) is 8.02. The first kappa shape index (κ1) is 12.1. The smallest absolute Gasteiger partial charge is 0.225 e. The van der Waals surface area contributed by atoms with Gasteiger partial charge in [-0.25, -0.2) is 4.98 Å². The van der Waals surface area contributed by atoms with E-state index in [1.807, 2.05) is 18.2 Å². The molecule has 1 amide bonds. The van der Waals surface area contributed by atoms with Gasteiger partial charge in [-0.15, -0.1) is 0 Å². The molecule has 1 N–H and O–H groups in total. The number of anilines is 1. The molecule has 104 valence electrons. The number of para-hydroxylation sites is 1. The van der Waals surface area contributed by atoms with Gasteiger partial charge in [0.2, 0.25) is 5.91 Å². The minimum atomic E-state index is 0.127. The van der Waals surface area contributed by atoms with Gasteiger partial charge in [-0.05, 0) is 31.4 Å². The molecule has 0 bridgehead atoms. The highest BCUT2D eigenvalue weighted by molar-refractivity contribution is 7.22. The molecule has 0 spiro atoms. The summed E-state index contributed by atoms with van der Waals surface area (Å²) in [5.41, 5.74) is 1.05. The lowest BCUT2D eigenvalue weighted by atomic mass is 10.1. The van der Waals surface area contributed by atoms with Gasteiger partial charge in [0.05, 0.1) is 16.1 Å². The second kappa shape index (κ2) is 4.74. The van der Waals surface area contributed by atoms with Crippen molar-refractivity contribution in [3.63, 3.8) is 0 Å². The van der Waals surface area contributed by atoms with E-state index in [4.69, 9.17) is 0 Å². The molecule has 2 heterocycles. The van der Waals surface area contributed by atoms with Gasteiger partial charge in [0.1, 0.15) is 0 Å². The van der Waals surface area contributed by atoms with Crippen molar-refractivity contribution in [2.75, 3.05) is 18.0 Å². The number of benzene rings is 1. The molecule has 1 aromatic heterocycles. The molecule has 5 heteroatoms. The zero-order valence-electron chi connectivity index (χ0n) is 11.2. The second-order valence-electron chi connectivity index (χ2n) is 5.68. The van der Waals surface area contributed by atoms with Gasteiger partial charge >= 0.3 is 0 Å². The van der Waals surface area contributed by atoms with Crippen molar-refractivity contribution in [3.8, 4) is 0 Å². The van der Waals surface area contributed by atoms with Gasteiger partial charge in [-0.3, -0.25) is 4.79 Å². The molecular weight excluding hydrogens is 270 g/mol. The summed E-state index contributed by atoms with van der Waals surface area (Å²) in [6, 6.07) is 8.66. The van der Waals surface area contributed by atoms with E-state index < -0.39 is 0 Å². The third kappa shape index (κ3) is 2.26. The van der Waals surface area contributed by atoms with E-state index in [1.165, 1.54) is 4.70 Å². The molecule has 1 saturated carbocycles. The number of nitrogens with zero attached hydrogens (tertiary/aromatic N) is 2. The van der Waals surface area contributed by atoms with E-state index in [0.717, 1.165) is 43.0 Å². The monoisotopic (exact) mass is 287 g/mol. The average Bonchev–Trinajstić information content (AvgIpc) is 3.00. The van der Waals surface area contributed by atoms with Crippen LogP contribution in [0, 0.1) is 5.92 Å². The number of hydrogen-bond acceptors (Lipinski definition) is 4. The summed E-state index contributed by atoms with van der Waals surface area (Å²) < 4.78 is 1.22. The lowest BCUT2D eigenvalue weighted by Gasteiger charge is -2.14. The molecule has 2 fully saturated rings. The number of hydrogen-bond donors (Lipinski definition) is 1. The Hall–Kier alpha value is -1.62. The number of aromatic nitrogens is 1. The number of nitrogens with one attached hydrogen (secondary N) is 1. The van der Waals surface area contributed by atoms with E-state index >= 15 is 0 Å². The van der Waals surface area contributed by atoms with Crippen LogP contribution in [0.25, 0.3) is 10.2 Å². The Balaban J connectivity index is 1.48. The zero-order valence-corrected chi connectivity index (χ0v) is 12.0. The third-order valence-corrected chi connectivity index (χ3v) is 5.13. The predicted octanol–water partition coefficient (Wildman–Crippen LogP) is 2.40. The summed E-state index contributed by atoms with van der Waals surface area (Å²) in [6.07, 6.45) is 3.24. The Labute approximate surface area is 121 Å². The molecule has 1 aliphatic heterocycles. The fourth-order valence-corrected chi connectivity index (χ4v) is 3.69. The molecule has 1 saturated heterocycles. The first-order chi connectivity index (χ1) is 9.79. The van der Waals surface area contributed by atoms with E-state index in [1.54, 1.807) is 11.3 Å². The van der Waals surface area contributed by atoms with Crippen molar-refractivity contribution >= 4 is 32.6 Å². The van der Waals surface area contributed by atoms with Crippen LogP contribution in [0.2, 0.25) is 0 Å². The number of amides is 1. The van der Waals surface area contributed by atoms with Gasteiger partial charge < -0.3 is 10.2 Å². The van der Waals surface area contributed by atoms with Crippen molar-refractivity contribution in [3.05, 3.63) is 24.3 Å². The minimum absolute atomic E-state index is 0.127. The zero-order chi connectivity index (χ0) is 13.5. The van der Waals surface area contributed by atoms with E-state index in [9.17, 15) is 4.79 Å². The molecule has 2 aromatic rings. The van der Waals surface area contributed by atoms with Crippen molar-refractivity contribution < 1.29 is 4.79 Å². The van der Waals surface area contributed by atoms with Crippen LogP contribution in [-0.2, 0) is 4.79 Å². The summed E-state index contributed by atoms with van der Waals surface area (Å²) >= 11 is 1.72. The van der Waals surface area contributed by atoms with Gasteiger partial charge in [-0.2, -0.15) is 0 Å². The molecular formula is C15H17N3OS. The summed E-state index contributed by atoms with van der Waals surface area (Å²) in [4.78, 5) is 19.0. The fourth-order valence-electron chi connectivity index (χ4n) is 2.69. The van der Waals surface area contributed by atoms with E-state index in [-0.39, 0.29) is 11.8 Å². The Bertz CT molecular complexity index is 616. The van der Waals surface area contributed by atoms with Crippen LogP contribution in [0.3, 0.4) is 0 Å². The van der Waals surface area contributed by atoms with E-state index in [0.29, 0.717) is 6.04 Å². The number of fused-ring (bicyclic) bond motifs is 1. The summed E-state index contributed by atoms with van der Waals surface area (Å²) in [5, 5.41) is 4.16. The number of carbonyl (C=O) groups excluding carboxylic acids is 1. The highest BCUT2D eigenvalue weighted by Gasteiger charge is 2.33. The Morgan fingerprint density at radius 1 is 1.30 bits per heavy atom. The van der Waals surface area contributed by atoms with Crippen LogP contribution in [-0.4, -0.2) is 30.0 Å². The molecule has 1 aromatic carbocycles. The Morgan fingerprint density at radius 3 is 2.95 bits per heavy atom. The Kier molecular flexibility index (Phi) is 2.88. The second-order valence-corrected chi connectivity index (χ2v) is 6.69. The average molecular weight is 287 g/mol. The third-order valence-electron chi connectivity index (χ3n) is 4.04. The lowest BCUT2D eigenvalue weighted by Crippen LogP contribution is -2.34. The standard InChI is InChI=1S/C15H17N3OS/c19-14(16-11-5-6-11)10-7-8-18(9-10)15-17-12-3-1-2-4-13(12)20-15/h1-4,10-11H,5-9H2,(H,16,19). The van der Waals surface area contributed by atoms with Crippen LogP contribution in [0.15, 0.2) is 24.3 Å². The van der Waals surface area contributed by atoms with Gasteiger partial charge in [0.15, 0.2) is 5.13 Å². The van der Waals surface area contributed by atoms with Gasteiger partial charge in [0, 0.05) is 19.1 Å². The van der Waals surface area contributed by atoms with Crippen molar-refractivity contribution in [2.45, 2.75) is 25.3 Å². The number of thiazole rings is 1. The molecule has 1 atom stereocenters. The molecule has 1 unspecified atom stereocenters. The van der Waals surface area contributed by atoms with Crippen molar-refractivity contribution in [2.24, 2.45) is 5.92 Å².